The molecule has 3 N–H and O–H groups in total. The highest BCUT2D eigenvalue weighted by Crippen LogP contribution is 2.24. The highest BCUT2D eigenvalue weighted by Gasteiger charge is 2.14. The molecule has 132 valence electrons. The zero-order valence-corrected chi connectivity index (χ0v) is 15.5. The average molecular weight is 378 g/mol. The van der Waals surface area contributed by atoms with Crippen LogP contribution in [0.25, 0.3) is 0 Å². The number of rotatable bonds is 7. The second-order valence-electron chi connectivity index (χ2n) is 5.29. The summed E-state index contributed by atoms with van der Waals surface area (Å²) in [6, 6.07) is 7.50. The Bertz CT molecular complexity index is 802. The molecular formula is C17H18N2O4S2. The molecule has 0 bridgehead atoms. The number of primary amides is 1. The van der Waals surface area contributed by atoms with E-state index >= 15 is 0 Å². The number of ether oxygens (including phenoxy) is 1. The Morgan fingerprint density at radius 2 is 2.00 bits per heavy atom. The van der Waals surface area contributed by atoms with Gasteiger partial charge in [0.15, 0.2) is 6.61 Å². The van der Waals surface area contributed by atoms with Crippen LogP contribution in [0.4, 0.5) is 5.00 Å². The molecule has 0 fully saturated rings. The van der Waals surface area contributed by atoms with E-state index in [0.29, 0.717) is 5.00 Å². The normalized spacial score (nSPS) is 10.3. The van der Waals surface area contributed by atoms with Crippen molar-refractivity contribution < 1.29 is 19.1 Å². The van der Waals surface area contributed by atoms with E-state index in [-0.39, 0.29) is 11.3 Å². The molecule has 1 aromatic heterocycles. The third-order valence-corrected chi connectivity index (χ3v) is 5.20. The molecule has 8 heteroatoms. The van der Waals surface area contributed by atoms with Crippen LogP contribution in [0.3, 0.4) is 0 Å². The van der Waals surface area contributed by atoms with E-state index in [2.05, 4.69) is 5.32 Å². The van der Waals surface area contributed by atoms with Crippen molar-refractivity contribution in [3.8, 4) is 0 Å². The summed E-state index contributed by atoms with van der Waals surface area (Å²) in [5.74, 6) is -1.52. The molecule has 1 aromatic carbocycles. The number of thioether (sulfide) groups is 1. The third-order valence-electron chi connectivity index (χ3n) is 3.22. The van der Waals surface area contributed by atoms with Crippen LogP contribution in [-0.4, -0.2) is 30.1 Å². The monoisotopic (exact) mass is 378 g/mol. The maximum Gasteiger partial charge on any atom is 0.316 e. The molecule has 0 saturated carbocycles. The van der Waals surface area contributed by atoms with Crippen LogP contribution in [0, 0.1) is 13.8 Å². The predicted molar refractivity (Wildman–Crippen MR) is 99.1 cm³/mol. The van der Waals surface area contributed by atoms with Crippen LogP contribution in [0.2, 0.25) is 0 Å². The largest absolute Gasteiger partial charge is 0.455 e. The molecule has 0 radical (unpaired) electrons. The summed E-state index contributed by atoms with van der Waals surface area (Å²) in [6.45, 7) is 3.57. The highest BCUT2D eigenvalue weighted by molar-refractivity contribution is 8.00. The first kappa shape index (κ1) is 19.0. The van der Waals surface area contributed by atoms with Crippen molar-refractivity contribution in [2.24, 2.45) is 5.73 Å². The summed E-state index contributed by atoms with van der Waals surface area (Å²) < 4.78 is 4.95. The Hall–Kier alpha value is -2.32. The van der Waals surface area contributed by atoms with Crippen molar-refractivity contribution in [3.05, 3.63) is 46.3 Å². The summed E-state index contributed by atoms with van der Waals surface area (Å²) in [5.41, 5.74) is 7.68. The van der Waals surface area contributed by atoms with Gasteiger partial charge in [-0.3, -0.25) is 14.4 Å². The lowest BCUT2D eigenvalue weighted by atomic mass is 10.2. The van der Waals surface area contributed by atoms with Gasteiger partial charge in [-0.1, -0.05) is 17.7 Å². The smallest absolute Gasteiger partial charge is 0.316 e. The van der Waals surface area contributed by atoms with E-state index in [4.69, 9.17) is 10.5 Å². The number of nitrogens with two attached hydrogens (primary N) is 1. The number of amides is 2. The van der Waals surface area contributed by atoms with Crippen molar-refractivity contribution in [1.82, 2.24) is 0 Å². The number of carbonyl (C=O) groups is 3. The Kier molecular flexibility index (Phi) is 6.60. The lowest BCUT2D eigenvalue weighted by molar-refractivity contribution is -0.144. The van der Waals surface area contributed by atoms with Crippen molar-refractivity contribution in [2.75, 3.05) is 17.7 Å². The first-order chi connectivity index (χ1) is 11.9. The molecule has 0 spiro atoms. The van der Waals surface area contributed by atoms with Gasteiger partial charge in [0.2, 0.25) is 0 Å². The maximum absolute atomic E-state index is 11.8. The van der Waals surface area contributed by atoms with E-state index in [9.17, 15) is 14.4 Å². The van der Waals surface area contributed by atoms with Gasteiger partial charge < -0.3 is 15.8 Å². The number of aryl methyl sites for hydroxylation is 2. The van der Waals surface area contributed by atoms with E-state index in [1.165, 1.54) is 29.2 Å². The van der Waals surface area contributed by atoms with Crippen LogP contribution in [0.5, 0.6) is 0 Å². The van der Waals surface area contributed by atoms with Gasteiger partial charge in [-0.25, -0.2) is 0 Å². The molecule has 1 heterocycles. The quantitative estimate of drug-likeness (QED) is 0.570. The lowest BCUT2D eigenvalue weighted by Crippen LogP contribution is -2.22. The van der Waals surface area contributed by atoms with Gasteiger partial charge in [0.25, 0.3) is 11.8 Å². The van der Waals surface area contributed by atoms with Gasteiger partial charge in [-0.15, -0.1) is 23.1 Å². The third kappa shape index (κ3) is 5.61. The highest BCUT2D eigenvalue weighted by atomic mass is 32.2. The fourth-order valence-electron chi connectivity index (χ4n) is 2.05. The number of esters is 1. The van der Waals surface area contributed by atoms with Crippen LogP contribution < -0.4 is 11.1 Å². The Morgan fingerprint density at radius 1 is 1.24 bits per heavy atom. The predicted octanol–water partition coefficient (Wildman–Crippen LogP) is 2.74. The summed E-state index contributed by atoms with van der Waals surface area (Å²) in [5, 5.41) is 4.50. The number of hydrogen-bond acceptors (Lipinski definition) is 6. The zero-order valence-electron chi connectivity index (χ0n) is 13.8. The Morgan fingerprint density at radius 3 is 2.68 bits per heavy atom. The molecule has 0 aliphatic rings. The summed E-state index contributed by atoms with van der Waals surface area (Å²) >= 11 is 2.54. The number of anilines is 1. The van der Waals surface area contributed by atoms with Gasteiger partial charge in [-0.2, -0.15) is 0 Å². The average Bonchev–Trinajstić information content (AvgIpc) is 3.00. The van der Waals surface area contributed by atoms with E-state index < -0.39 is 24.4 Å². The molecule has 0 aliphatic heterocycles. The minimum absolute atomic E-state index is 0.114. The molecule has 0 atom stereocenters. The number of nitrogens with one attached hydrogen (secondary N) is 1. The summed E-state index contributed by atoms with van der Waals surface area (Å²) in [6.07, 6.45) is 0. The fourth-order valence-corrected chi connectivity index (χ4v) is 3.66. The number of thiophene rings is 1. The van der Waals surface area contributed by atoms with E-state index in [0.717, 1.165) is 16.0 Å². The number of carbonyl (C=O) groups excluding carboxylic acids is 3. The summed E-state index contributed by atoms with van der Waals surface area (Å²) in [4.78, 5) is 35.8. The van der Waals surface area contributed by atoms with Crippen LogP contribution >= 0.6 is 23.1 Å². The number of hydrogen-bond donors (Lipinski definition) is 2. The zero-order chi connectivity index (χ0) is 18.4. The lowest BCUT2D eigenvalue weighted by Gasteiger charge is -2.08. The van der Waals surface area contributed by atoms with Gasteiger partial charge in [-0.05, 0) is 36.9 Å². The topological polar surface area (TPSA) is 98.5 Å². The van der Waals surface area contributed by atoms with Crippen LogP contribution in [-0.2, 0) is 14.3 Å². The van der Waals surface area contributed by atoms with Crippen molar-refractivity contribution in [2.45, 2.75) is 18.7 Å². The molecule has 6 nitrogen and oxygen atoms in total. The maximum atomic E-state index is 11.8. The number of benzene rings is 1. The van der Waals surface area contributed by atoms with Crippen molar-refractivity contribution in [1.29, 1.82) is 0 Å². The molecule has 0 saturated heterocycles. The molecule has 0 aliphatic carbocycles. The van der Waals surface area contributed by atoms with Gasteiger partial charge in [0.05, 0.1) is 11.3 Å². The first-order valence-corrected chi connectivity index (χ1v) is 9.26. The SMILES string of the molecule is Cc1ccc(SCC(=O)OCC(=O)Nc2sccc2C(N)=O)c(C)c1. The second kappa shape index (κ2) is 8.68. The molecule has 2 rings (SSSR count). The minimum atomic E-state index is -0.626. The molecule has 2 aromatic rings. The first-order valence-electron chi connectivity index (χ1n) is 7.39. The van der Waals surface area contributed by atoms with Crippen LogP contribution in [0.15, 0.2) is 34.5 Å². The second-order valence-corrected chi connectivity index (χ2v) is 7.23. The van der Waals surface area contributed by atoms with E-state index in [1.807, 2.05) is 32.0 Å². The summed E-state index contributed by atoms with van der Waals surface area (Å²) in [7, 11) is 0. The molecular weight excluding hydrogens is 360 g/mol. The minimum Gasteiger partial charge on any atom is -0.455 e. The fraction of sp³-hybridized carbons (Fsp3) is 0.235. The molecule has 25 heavy (non-hydrogen) atoms. The van der Waals surface area contributed by atoms with Crippen molar-refractivity contribution in [3.63, 3.8) is 0 Å². The Balaban J connectivity index is 1.78. The van der Waals surface area contributed by atoms with E-state index in [1.54, 1.807) is 5.38 Å². The van der Waals surface area contributed by atoms with Crippen LogP contribution in [0.1, 0.15) is 21.5 Å². The van der Waals surface area contributed by atoms with Crippen molar-refractivity contribution >= 4 is 45.9 Å². The molecule has 2 amide bonds. The van der Waals surface area contributed by atoms with Gasteiger partial charge in [0.1, 0.15) is 5.00 Å². The van der Waals surface area contributed by atoms with Gasteiger partial charge in [0, 0.05) is 4.90 Å². The standard InChI is InChI=1S/C17H18N2O4S2/c1-10-3-4-13(11(2)7-10)25-9-15(21)23-8-14(20)19-17-12(16(18)22)5-6-24-17/h3-7H,8-9H2,1-2H3,(H2,18,22)(H,19,20). The van der Waals surface area contributed by atoms with Gasteiger partial charge >= 0.3 is 5.97 Å². The Labute approximate surface area is 153 Å². The molecule has 0 unspecified atom stereocenters.